The summed E-state index contributed by atoms with van der Waals surface area (Å²) in [5, 5.41) is 5.58. The van der Waals surface area contributed by atoms with E-state index in [0.717, 1.165) is 16.0 Å². The zero-order valence-corrected chi connectivity index (χ0v) is 33.3. The van der Waals surface area contributed by atoms with Crippen molar-refractivity contribution in [2.24, 2.45) is 16.9 Å². The summed E-state index contributed by atoms with van der Waals surface area (Å²) in [5.41, 5.74) is 13.1. The number of ether oxygens (including phenoxy) is 1. The first kappa shape index (κ1) is 43.1. The summed E-state index contributed by atoms with van der Waals surface area (Å²) in [5.74, 6) is -2.72. The van der Waals surface area contributed by atoms with Crippen LogP contribution < -0.4 is 26.6 Å². The van der Waals surface area contributed by atoms with Crippen LogP contribution in [0.3, 0.4) is 0 Å². The van der Waals surface area contributed by atoms with Crippen molar-refractivity contribution in [3.8, 4) is 5.75 Å². The van der Waals surface area contributed by atoms with Gasteiger partial charge in [0.25, 0.3) is 0 Å². The summed E-state index contributed by atoms with van der Waals surface area (Å²) in [4.78, 5) is 65.5. The average molecular weight is 814 g/mol. The van der Waals surface area contributed by atoms with Gasteiger partial charge in [0.2, 0.25) is 23.6 Å². The lowest BCUT2D eigenvalue weighted by molar-refractivity contribution is -0.128. The molecule has 0 heterocycles. The average Bonchev–Trinajstić information content (AvgIpc) is 3.73. The molecule has 4 aromatic rings. The lowest BCUT2D eigenvalue weighted by atomic mass is 10.0. The first-order chi connectivity index (χ1) is 27.6. The van der Waals surface area contributed by atoms with Gasteiger partial charge in [0, 0.05) is 18.8 Å². The molecule has 5 rings (SSSR count). The summed E-state index contributed by atoms with van der Waals surface area (Å²) >= 11 is 0. The third-order valence-electron chi connectivity index (χ3n) is 9.58. The first-order valence-corrected chi connectivity index (χ1v) is 20.0. The number of phosphoric ester groups is 1. The Morgan fingerprint density at radius 2 is 1.24 bits per heavy atom. The number of rotatable bonds is 20. The highest BCUT2D eigenvalue weighted by atomic mass is 31.2. The van der Waals surface area contributed by atoms with Crippen molar-refractivity contribution in [3.63, 3.8) is 0 Å². The minimum Gasteiger partial charge on any atom is -0.445 e. The Hall–Kier alpha value is -6.02. The van der Waals surface area contributed by atoms with E-state index in [1.54, 1.807) is 68.4 Å². The number of nitrogens with two attached hydrogens (primary N) is 2. The summed E-state index contributed by atoms with van der Waals surface area (Å²) in [6, 6.07) is 29.4. The molecule has 1 saturated carbocycles. The fourth-order valence-corrected chi connectivity index (χ4v) is 7.63. The van der Waals surface area contributed by atoms with Crippen LogP contribution >= 0.6 is 7.82 Å². The van der Waals surface area contributed by atoms with E-state index >= 15 is 0 Å². The number of phosphoric acid groups is 1. The molecule has 0 radical (unpaired) electrons. The fraction of sp³-hybridized carbons (Fsp3) is 0.310. The van der Waals surface area contributed by atoms with E-state index < -0.39 is 73.5 Å². The molecule has 4 aromatic carbocycles. The third kappa shape index (κ3) is 12.0. The van der Waals surface area contributed by atoms with Crippen molar-refractivity contribution in [1.82, 2.24) is 15.5 Å². The Bertz CT molecular complexity index is 2040. The van der Waals surface area contributed by atoms with Crippen LogP contribution in [0.1, 0.15) is 49.4 Å². The van der Waals surface area contributed by atoms with Gasteiger partial charge in [-0.25, -0.2) is 9.36 Å². The number of nitrogens with zero attached hydrogens (tertiary/aromatic N) is 1. The minimum absolute atomic E-state index is 0.0296. The van der Waals surface area contributed by atoms with Crippen LogP contribution in [0.5, 0.6) is 5.75 Å². The normalized spacial score (nSPS) is 16.5. The highest BCUT2D eigenvalue weighted by Gasteiger charge is 2.65. The molecule has 0 saturated heterocycles. The van der Waals surface area contributed by atoms with Gasteiger partial charge in [-0.15, -0.1) is 0 Å². The molecule has 0 aromatic heterocycles. The Morgan fingerprint density at radius 1 is 0.741 bits per heavy atom. The number of nitrogens with one attached hydrogen (secondary N) is 2. The van der Waals surface area contributed by atoms with Gasteiger partial charge >= 0.3 is 13.9 Å². The predicted octanol–water partition coefficient (Wildman–Crippen LogP) is 4.92. The zero-order chi connectivity index (χ0) is 41.9. The second-order valence-electron chi connectivity index (χ2n) is 14.4. The largest absolute Gasteiger partial charge is 0.530 e. The molecule has 16 heteroatoms. The predicted molar refractivity (Wildman–Crippen MR) is 213 cm³/mol. The number of primary amides is 2. The monoisotopic (exact) mass is 813 g/mol. The topological polar surface area (TPSA) is 219 Å². The summed E-state index contributed by atoms with van der Waals surface area (Å²) in [6.07, 6.45) is -1.46. The SMILES string of the molecule is CC(=O)N[C@@H](Cc1ccc(OP(=O)(OCc2ccccc2)OCc2ccccc2)cc1)C(=O)N[C@@H]1[C@H](N(C(=O)OCc2ccccc2)[C@@H](CC(N)=O)C(N)=O)C1(C)C. The van der Waals surface area contributed by atoms with Crippen LogP contribution in [-0.4, -0.2) is 58.8 Å². The molecule has 6 N–H and O–H groups in total. The quantitative estimate of drug-likeness (QED) is 0.0884. The van der Waals surface area contributed by atoms with Crippen LogP contribution in [0, 0.1) is 5.41 Å². The van der Waals surface area contributed by atoms with E-state index in [1.807, 2.05) is 60.7 Å². The van der Waals surface area contributed by atoms with Crippen LogP contribution in [0.2, 0.25) is 0 Å². The Morgan fingerprint density at radius 3 is 1.71 bits per heavy atom. The van der Waals surface area contributed by atoms with E-state index in [2.05, 4.69) is 10.6 Å². The Balaban J connectivity index is 1.29. The zero-order valence-electron chi connectivity index (χ0n) is 32.4. The number of hydrogen-bond donors (Lipinski definition) is 4. The molecule has 58 heavy (non-hydrogen) atoms. The molecule has 4 atom stereocenters. The maximum atomic E-state index is 13.9. The number of amides is 5. The Kier molecular flexibility index (Phi) is 14.4. The van der Waals surface area contributed by atoms with E-state index in [0.29, 0.717) is 11.1 Å². The lowest BCUT2D eigenvalue weighted by Gasteiger charge is -2.30. The molecule has 0 aliphatic heterocycles. The molecular formula is C42H48N5O10P. The highest BCUT2D eigenvalue weighted by molar-refractivity contribution is 7.48. The van der Waals surface area contributed by atoms with Crippen LogP contribution in [0.4, 0.5) is 4.79 Å². The van der Waals surface area contributed by atoms with Gasteiger partial charge in [0.05, 0.1) is 31.7 Å². The molecule has 0 unspecified atom stereocenters. The van der Waals surface area contributed by atoms with E-state index in [-0.39, 0.29) is 32.0 Å². The molecule has 5 amide bonds. The molecule has 306 valence electrons. The molecule has 1 aliphatic carbocycles. The maximum Gasteiger partial charge on any atom is 0.530 e. The fourth-order valence-electron chi connectivity index (χ4n) is 6.46. The van der Waals surface area contributed by atoms with E-state index in [9.17, 15) is 28.5 Å². The smallest absolute Gasteiger partial charge is 0.445 e. The number of carbonyl (C=O) groups excluding carboxylic acids is 5. The van der Waals surface area contributed by atoms with Crippen molar-refractivity contribution in [2.45, 2.75) is 77.6 Å². The summed E-state index contributed by atoms with van der Waals surface area (Å²) < 4.78 is 36.7. The second-order valence-corrected chi connectivity index (χ2v) is 16.0. The highest BCUT2D eigenvalue weighted by Crippen LogP contribution is 2.51. The van der Waals surface area contributed by atoms with E-state index in [1.165, 1.54) is 6.92 Å². The lowest BCUT2D eigenvalue weighted by Crippen LogP contribution is -2.54. The van der Waals surface area contributed by atoms with Crippen LogP contribution in [0.25, 0.3) is 0 Å². The summed E-state index contributed by atoms with van der Waals surface area (Å²) in [6.45, 7) is 4.61. The van der Waals surface area contributed by atoms with Crippen molar-refractivity contribution < 1.29 is 46.8 Å². The van der Waals surface area contributed by atoms with Gasteiger partial charge in [-0.3, -0.25) is 33.1 Å². The van der Waals surface area contributed by atoms with Gasteiger partial charge < -0.3 is 31.4 Å². The van der Waals surface area contributed by atoms with Gasteiger partial charge in [-0.1, -0.05) is 117 Å². The Labute approximate surface area is 337 Å². The molecule has 0 bridgehead atoms. The maximum absolute atomic E-state index is 13.9. The van der Waals surface area contributed by atoms with Gasteiger partial charge in [-0.05, 0) is 34.4 Å². The number of hydrogen-bond acceptors (Lipinski definition) is 10. The van der Waals surface area contributed by atoms with Crippen molar-refractivity contribution >= 4 is 37.5 Å². The number of benzene rings is 4. The first-order valence-electron chi connectivity index (χ1n) is 18.5. The molecule has 1 fully saturated rings. The van der Waals surface area contributed by atoms with Gasteiger partial charge in [0.1, 0.15) is 24.4 Å². The third-order valence-corrected chi connectivity index (χ3v) is 10.9. The van der Waals surface area contributed by atoms with Crippen LogP contribution in [-0.2, 0) is 63.8 Å². The van der Waals surface area contributed by atoms with Gasteiger partial charge in [-0.2, -0.15) is 0 Å². The molecular weight excluding hydrogens is 765 g/mol. The van der Waals surface area contributed by atoms with E-state index in [4.69, 9.17) is 29.8 Å². The second kappa shape index (κ2) is 19.4. The molecule has 15 nitrogen and oxygen atoms in total. The van der Waals surface area contributed by atoms with Crippen LogP contribution in [0.15, 0.2) is 115 Å². The summed E-state index contributed by atoms with van der Waals surface area (Å²) in [7, 11) is -4.15. The van der Waals surface area contributed by atoms with Crippen molar-refractivity contribution in [3.05, 3.63) is 138 Å². The molecule has 0 spiro atoms. The van der Waals surface area contributed by atoms with Gasteiger partial charge in [0.15, 0.2) is 0 Å². The van der Waals surface area contributed by atoms with Crippen molar-refractivity contribution in [2.75, 3.05) is 0 Å². The molecule has 1 aliphatic rings. The minimum atomic E-state index is -4.15. The standard InChI is InChI=1S/C42H48N5O10P/c1-28(48)45-34(23-29-19-21-33(22-20-29)57-58(53,55-26-31-15-9-5-10-16-31)56-27-32-17-11-6-12-18-32)40(51)46-37-38(42(37,2)3)47(35(39(44)50)24-36(43)49)41(52)54-25-30-13-7-4-8-14-30/h4-22,34-35,37-38H,23-27H2,1-3H3,(H2,43,49)(H2,44,50)(H,45,48)(H,46,51)/t34-,35-,37+,38-/m0/s1. The van der Waals surface area contributed by atoms with Crippen molar-refractivity contribution in [1.29, 1.82) is 0 Å². The number of carbonyl (C=O) groups is 5.